The summed E-state index contributed by atoms with van der Waals surface area (Å²) in [6.07, 6.45) is 0. The molecular weight excluding hydrogens is 438 g/mol. The zero-order valence-electron chi connectivity index (χ0n) is 18.9. The number of anilines is 2. The van der Waals surface area contributed by atoms with Gasteiger partial charge in [-0.05, 0) is 48.0 Å². The van der Waals surface area contributed by atoms with Crippen molar-refractivity contribution < 1.29 is 14.3 Å². The Bertz CT molecular complexity index is 1070. The molecule has 0 bridgehead atoms. The Balaban J connectivity index is 1.36. The van der Waals surface area contributed by atoms with Crippen LogP contribution in [0.25, 0.3) is 0 Å². The van der Waals surface area contributed by atoms with Gasteiger partial charge in [-0.2, -0.15) is 0 Å². The van der Waals surface area contributed by atoms with E-state index < -0.39 is 0 Å². The molecule has 1 aliphatic heterocycles. The summed E-state index contributed by atoms with van der Waals surface area (Å²) in [6.45, 7) is 4.68. The Morgan fingerprint density at radius 2 is 1.52 bits per heavy atom. The molecule has 7 heteroatoms. The highest BCUT2D eigenvalue weighted by atomic mass is 35.5. The van der Waals surface area contributed by atoms with Crippen LogP contribution in [0.1, 0.15) is 15.9 Å². The molecule has 3 aromatic carbocycles. The average molecular weight is 466 g/mol. The van der Waals surface area contributed by atoms with E-state index in [1.165, 1.54) is 19.8 Å². The summed E-state index contributed by atoms with van der Waals surface area (Å²) in [6, 6.07) is 21.2. The number of methoxy groups -OCH3 is 2. The predicted octanol–water partition coefficient (Wildman–Crippen LogP) is 4.93. The van der Waals surface area contributed by atoms with Crippen molar-refractivity contribution in [2.45, 2.75) is 6.54 Å². The topological polar surface area (TPSA) is 54.0 Å². The van der Waals surface area contributed by atoms with Crippen LogP contribution in [0.5, 0.6) is 11.5 Å². The number of carbonyl (C=O) groups is 1. The first-order valence-electron chi connectivity index (χ1n) is 10.9. The number of rotatable bonds is 7. The van der Waals surface area contributed by atoms with Crippen LogP contribution in [-0.4, -0.2) is 51.2 Å². The maximum atomic E-state index is 12.9. The van der Waals surface area contributed by atoms with E-state index in [0.29, 0.717) is 22.7 Å². The Morgan fingerprint density at radius 3 is 2.12 bits per heavy atom. The van der Waals surface area contributed by atoms with Crippen LogP contribution >= 0.6 is 11.6 Å². The highest BCUT2D eigenvalue weighted by Gasteiger charge is 2.20. The summed E-state index contributed by atoms with van der Waals surface area (Å²) in [4.78, 5) is 17.7. The molecule has 0 radical (unpaired) electrons. The molecule has 0 spiro atoms. The van der Waals surface area contributed by atoms with Gasteiger partial charge in [0, 0.05) is 49.1 Å². The van der Waals surface area contributed by atoms with Crippen molar-refractivity contribution in [2.24, 2.45) is 0 Å². The number of carbonyl (C=O) groups excluding carboxylic acids is 1. The van der Waals surface area contributed by atoms with Gasteiger partial charge >= 0.3 is 0 Å². The number of hydrogen-bond acceptors (Lipinski definition) is 5. The quantitative estimate of drug-likeness (QED) is 0.536. The zero-order chi connectivity index (χ0) is 23.2. The van der Waals surface area contributed by atoms with E-state index in [1.54, 1.807) is 18.2 Å². The van der Waals surface area contributed by atoms with Gasteiger partial charge in [-0.1, -0.05) is 35.9 Å². The zero-order valence-corrected chi connectivity index (χ0v) is 19.6. The first-order chi connectivity index (χ1) is 16.1. The largest absolute Gasteiger partial charge is 0.496 e. The van der Waals surface area contributed by atoms with E-state index in [4.69, 9.17) is 21.1 Å². The van der Waals surface area contributed by atoms with Crippen LogP contribution in [0.2, 0.25) is 5.02 Å². The molecule has 4 rings (SSSR count). The molecule has 0 aromatic heterocycles. The van der Waals surface area contributed by atoms with Crippen molar-refractivity contribution in [1.29, 1.82) is 0 Å². The maximum absolute atomic E-state index is 12.9. The molecular formula is C26H28ClN3O3. The van der Waals surface area contributed by atoms with Crippen molar-refractivity contribution in [1.82, 2.24) is 4.90 Å². The van der Waals surface area contributed by atoms with Gasteiger partial charge in [0.1, 0.15) is 17.1 Å². The van der Waals surface area contributed by atoms with Gasteiger partial charge in [0.15, 0.2) is 0 Å². The van der Waals surface area contributed by atoms with Crippen LogP contribution in [0.4, 0.5) is 11.4 Å². The van der Waals surface area contributed by atoms with Crippen molar-refractivity contribution in [3.8, 4) is 11.5 Å². The minimum atomic E-state index is -0.273. The molecule has 1 aliphatic rings. The fraction of sp³-hybridized carbons (Fsp3) is 0.269. The summed E-state index contributed by atoms with van der Waals surface area (Å²) in [5.41, 5.74) is 3.40. The lowest BCUT2D eigenvalue weighted by molar-refractivity contribution is 0.102. The normalized spacial score (nSPS) is 14.1. The number of piperazine rings is 1. The van der Waals surface area contributed by atoms with Crippen LogP contribution in [0.3, 0.4) is 0 Å². The van der Waals surface area contributed by atoms with Crippen molar-refractivity contribution in [3.05, 3.63) is 82.9 Å². The fourth-order valence-electron chi connectivity index (χ4n) is 4.06. The number of ether oxygens (including phenoxy) is 2. The Labute approximate surface area is 199 Å². The lowest BCUT2D eigenvalue weighted by Gasteiger charge is -2.36. The standard InChI is InChI=1S/C26H28ClN3O3/c1-32-23-8-5-9-24(33-2)25(23)26(31)28-20-10-12-21(13-11-20)30-16-14-29(15-17-30)18-19-6-3-4-7-22(19)27/h3-13H,14-18H2,1-2H3,(H,28,31). The van der Waals surface area contributed by atoms with E-state index in [1.807, 2.05) is 42.5 Å². The van der Waals surface area contributed by atoms with Gasteiger partial charge in [0.2, 0.25) is 0 Å². The van der Waals surface area contributed by atoms with Gasteiger partial charge in [-0.3, -0.25) is 9.69 Å². The third-order valence-electron chi connectivity index (χ3n) is 5.87. The first-order valence-corrected chi connectivity index (χ1v) is 11.3. The van der Waals surface area contributed by atoms with Crippen molar-refractivity contribution in [3.63, 3.8) is 0 Å². The van der Waals surface area contributed by atoms with Crippen LogP contribution < -0.4 is 19.7 Å². The van der Waals surface area contributed by atoms with Crippen molar-refractivity contribution in [2.75, 3.05) is 50.6 Å². The molecule has 0 saturated carbocycles. The van der Waals surface area contributed by atoms with E-state index in [2.05, 4.69) is 21.2 Å². The molecule has 172 valence electrons. The molecule has 0 aliphatic carbocycles. The molecule has 1 saturated heterocycles. The van der Waals surface area contributed by atoms with E-state index in [9.17, 15) is 4.79 Å². The maximum Gasteiger partial charge on any atom is 0.263 e. The molecule has 0 unspecified atom stereocenters. The summed E-state index contributed by atoms with van der Waals surface area (Å²) in [5, 5.41) is 3.76. The molecule has 3 aromatic rings. The first kappa shape index (κ1) is 23.0. The number of halogens is 1. The molecule has 1 N–H and O–H groups in total. The predicted molar refractivity (Wildman–Crippen MR) is 133 cm³/mol. The van der Waals surface area contributed by atoms with Gasteiger partial charge < -0.3 is 19.7 Å². The molecule has 0 atom stereocenters. The van der Waals surface area contributed by atoms with Gasteiger partial charge in [0.25, 0.3) is 5.91 Å². The second-order valence-electron chi connectivity index (χ2n) is 7.89. The molecule has 33 heavy (non-hydrogen) atoms. The van der Waals surface area contributed by atoms with E-state index in [0.717, 1.165) is 43.4 Å². The second kappa shape index (κ2) is 10.6. The second-order valence-corrected chi connectivity index (χ2v) is 8.30. The fourth-order valence-corrected chi connectivity index (χ4v) is 4.25. The molecule has 1 fully saturated rings. The monoisotopic (exact) mass is 465 g/mol. The number of hydrogen-bond donors (Lipinski definition) is 1. The third kappa shape index (κ3) is 5.41. The average Bonchev–Trinajstić information content (AvgIpc) is 2.85. The highest BCUT2D eigenvalue weighted by molar-refractivity contribution is 6.31. The molecule has 1 heterocycles. The van der Waals surface area contributed by atoms with Crippen LogP contribution in [-0.2, 0) is 6.54 Å². The van der Waals surface area contributed by atoms with E-state index in [-0.39, 0.29) is 5.91 Å². The number of nitrogens with zero attached hydrogens (tertiary/aromatic N) is 2. The molecule has 1 amide bonds. The number of amides is 1. The Morgan fingerprint density at radius 1 is 0.879 bits per heavy atom. The summed E-state index contributed by atoms with van der Waals surface area (Å²) >= 11 is 6.31. The van der Waals surface area contributed by atoms with Gasteiger partial charge in [-0.15, -0.1) is 0 Å². The minimum absolute atomic E-state index is 0.273. The summed E-state index contributed by atoms with van der Waals surface area (Å²) in [5.74, 6) is 0.668. The molecule has 6 nitrogen and oxygen atoms in total. The van der Waals surface area contributed by atoms with Gasteiger partial charge in [0.05, 0.1) is 14.2 Å². The number of nitrogens with one attached hydrogen (secondary N) is 1. The smallest absolute Gasteiger partial charge is 0.263 e. The summed E-state index contributed by atoms with van der Waals surface area (Å²) in [7, 11) is 3.07. The van der Waals surface area contributed by atoms with Crippen LogP contribution in [0.15, 0.2) is 66.7 Å². The van der Waals surface area contributed by atoms with E-state index >= 15 is 0 Å². The lowest BCUT2D eigenvalue weighted by Crippen LogP contribution is -2.46. The third-order valence-corrected chi connectivity index (χ3v) is 6.24. The summed E-state index contributed by atoms with van der Waals surface area (Å²) < 4.78 is 10.7. The SMILES string of the molecule is COc1cccc(OC)c1C(=O)Nc1ccc(N2CCN(Cc3ccccc3Cl)CC2)cc1. The van der Waals surface area contributed by atoms with Crippen LogP contribution in [0, 0.1) is 0 Å². The Hall–Kier alpha value is -3.22. The minimum Gasteiger partial charge on any atom is -0.496 e. The van der Waals surface area contributed by atoms with Crippen molar-refractivity contribution >= 4 is 28.9 Å². The number of benzene rings is 3. The lowest BCUT2D eigenvalue weighted by atomic mass is 10.1. The Kier molecular flexibility index (Phi) is 7.37. The highest BCUT2D eigenvalue weighted by Crippen LogP contribution is 2.29. The van der Waals surface area contributed by atoms with Gasteiger partial charge in [-0.25, -0.2) is 0 Å².